The molecule has 0 N–H and O–H groups in total. The summed E-state index contributed by atoms with van der Waals surface area (Å²) in [5, 5.41) is 0. The molecule has 0 radical (unpaired) electrons. The predicted octanol–water partition coefficient (Wildman–Crippen LogP) is 4.64. The first kappa shape index (κ1) is 13.0. The van der Waals surface area contributed by atoms with Gasteiger partial charge in [-0.15, -0.1) is 11.3 Å². The fourth-order valence-corrected chi connectivity index (χ4v) is 3.03. The van der Waals surface area contributed by atoms with E-state index in [1.165, 1.54) is 11.3 Å². The molecule has 2 aromatic heterocycles. The first-order valence-electron chi connectivity index (χ1n) is 4.64. The molecule has 2 heterocycles. The predicted molar refractivity (Wildman–Crippen MR) is 74.3 cm³/mol. The number of pyridine rings is 1. The first-order chi connectivity index (χ1) is 8.06. The van der Waals surface area contributed by atoms with Crippen LogP contribution in [-0.4, -0.2) is 10.8 Å². The van der Waals surface area contributed by atoms with Gasteiger partial charge in [0.15, 0.2) is 5.78 Å². The highest BCUT2D eigenvalue weighted by atomic mass is 79.9. The minimum absolute atomic E-state index is 0.0760. The van der Waals surface area contributed by atoms with Crippen molar-refractivity contribution in [1.82, 2.24) is 4.98 Å². The normalized spacial score (nSPS) is 10.5. The molecule has 88 valence electrons. The smallest absolute Gasteiger partial charge is 0.171 e. The molecule has 6 heteroatoms. The van der Waals surface area contributed by atoms with Crippen molar-refractivity contribution in [3.63, 3.8) is 0 Å². The summed E-state index contributed by atoms with van der Waals surface area (Å²) < 4.78 is 1.82. The number of ketones is 1. The number of Topliss-reactive ketones (excluding diaryl/α,β-unsaturated/α-hetero) is 1. The topological polar surface area (TPSA) is 30.0 Å². The van der Waals surface area contributed by atoms with E-state index >= 15 is 0 Å². The Labute approximate surface area is 121 Å². The molecule has 0 atom stereocenters. The third-order valence-electron chi connectivity index (χ3n) is 2.09. The molecule has 0 amide bonds. The second-order valence-electron chi connectivity index (χ2n) is 3.31. The van der Waals surface area contributed by atoms with Crippen LogP contribution in [-0.2, 0) is 6.42 Å². The fraction of sp³-hybridized carbons (Fsp3) is 0.0909. The van der Waals surface area contributed by atoms with Gasteiger partial charge in [-0.1, -0.05) is 23.2 Å². The van der Waals surface area contributed by atoms with Crippen molar-refractivity contribution in [1.29, 1.82) is 0 Å². The van der Waals surface area contributed by atoms with E-state index in [-0.39, 0.29) is 12.2 Å². The Kier molecular flexibility index (Phi) is 4.20. The number of thiophene rings is 1. The Bertz CT molecular complexity index is 553. The number of hydrogen-bond donors (Lipinski definition) is 0. The van der Waals surface area contributed by atoms with Crippen LogP contribution in [0.1, 0.15) is 16.1 Å². The lowest BCUT2D eigenvalue weighted by Gasteiger charge is -1.99. The zero-order valence-corrected chi connectivity index (χ0v) is 12.3. The Balaban J connectivity index is 2.17. The molecule has 0 bridgehead atoms. The molecule has 0 aliphatic heterocycles. The molecule has 17 heavy (non-hydrogen) atoms. The lowest BCUT2D eigenvalue weighted by Crippen LogP contribution is -2.04. The van der Waals surface area contributed by atoms with Crippen LogP contribution in [0, 0.1) is 0 Å². The Hall–Kier alpha value is -0.420. The molecule has 0 unspecified atom stereocenters. The van der Waals surface area contributed by atoms with Crippen LogP contribution in [0.4, 0.5) is 0 Å². The molecule has 0 aliphatic rings. The van der Waals surface area contributed by atoms with Gasteiger partial charge in [0, 0.05) is 21.9 Å². The lowest BCUT2D eigenvalue weighted by atomic mass is 10.1. The Morgan fingerprint density at radius 3 is 2.71 bits per heavy atom. The van der Waals surface area contributed by atoms with E-state index in [0.717, 1.165) is 4.47 Å². The van der Waals surface area contributed by atoms with E-state index in [1.807, 2.05) is 6.07 Å². The lowest BCUT2D eigenvalue weighted by molar-refractivity contribution is 0.0992. The maximum absolute atomic E-state index is 11.9. The third kappa shape index (κ3) is 3.28. The van der Waals surface area contributed by atoms with Gasteiger partial charge in [0.2, 0.25) is 0 Å². The van der Waals surface area contributed by atoms with Crippen molar-refractivity contribution in [2.24, 2.45) is 0 Å². The van der Waals surface area contributed by atoms with Crippen LogP contribution >= 0.6 is 50.5 Å². The summed E-state index contributed by atoms with van der Waals surface area (Å²) in [6, 6.07) is 5.23. The third-order valence-corrected chi connectivity index (χ3v) is 4.04. The standard InChI is InChI=1S/C11H6BrCl2NOS/c12-6-1-2-7(15-5-6)3-9(16)8-4-10(13)17-11(8)14/h1-2,4-5H,3H2. The molecule has 0 fully saturated rings. The fourth-order valence-electron chi connectivity index (χ4n) is 1.30. The molecule has 0 aromatic carbocycles. The first-order valence-corrected chi connectivity index (χ1v) is 7.01. The summed E-state index contributed by atoms with van der Waals surface area (Å²) in [4.78, 5) is 16.1. The minimum atomic E-state index is -0.0760. The molecular weight excluding hydrogens is 345 g/mol. The molecule has 2 rings (SSSR count). The van der Waals surface area contributed by atoms with Gasteiger partial charge in [-0.05, 0) is 34.1 Å². The zero-order valence-electron chi connectivity index (χ0n) is 8.41. The van der Waals surface area contributed by atoms with Gasteiger partial charge in [-0.25, -0.2) is 0 Å². The Morgan fingerprint density at radius 1 is 1.41 bits per heavy atom. The Morgan fingerprint density at radius 2 is 2.18 bits per heavy atom. The molecule has 0 spiro atoms. The molecular formula is C11H6BrCl2NOS. The minimum Gasteiger partial charge on any atom is -0.294 e. The highest BCUT2D eigenvalue weighted by molar-refractivity contribution is 9.10. The van der Waals surface area contributed by atoms with Crippen LogP contribution in [0.15, 0.2) is 28.9 Å². The van der Waals surface area contributed by atoms with Crippen molar-refractivity contribution >= 4 is 56.3 Å². The number of hydrogen-bond acceptors (Lipinski definition) is 3. The van der Waals surface area contributed by atoms with Crippen LogP contribution in [0.5, 0.6) is 0 Å². The van der Waals surface area contributed by atoms with E-state index in [2.05, 4.69) is 20.9 Å². The molecule has 0 saturated carbocycles. The van der Waals surface area contributed by atoms with Gasteiger partial charge in [0.05, 0.1) is 10.8 Å². The van der Waals surface area contributed by atoms with E-state index in [0.29, 0.717) is 19.9 Å². The summed E-state index contributed by atoms with van der Waals surface area (Å²) in [6.07, 6.45) is 1.88. The number of halogens is 3. The van der Waals surface area contributed by atoms with Gasteiger partial charge in [0.1, 0.15) is 4.34 Å². The second kappa shape index (κ2) is 5.48. The van der Waals surface area contributed by atoms with Crippen molar-refractivity contribution in [2.75, 3.05) is 0 Å². The van der Waals surface area contributed by atoms with Gasteiger partial charge in [0.25, 0.3) is 0 Å². The summed E-state index contributed by atoms with van der Waals surface area (Å²) in [5.74, 6) is -0.0760. The molecule has 0 aliphatic carbocycles. The van der Waals surface area contributed by atoms with Crippen molar-refractivity contribution in [3.05, 3.63) is 48.8 Å². The average Bonchev–Trinajstić information content (AvgIpc) is 2.61. The summed E-state index contributed by atoms with van der Waals surface area (Å²) in [7, 11) is 0. The number of carbonyl (C=O) groups is 1. The average molecular weight is 351 g/mol. The van der Waals surface area contributed by atoms with Crippen molar-refractivity contribution in [2.45, 2.75) is 6.42 Å². The van der Waals surface area contributed by atoms with E-state index < -0.39 is 0 Å². The highest BCUT2D eigenvalue weighted by Gasteiger charge is 2.15. The van der Waals surface area contributed by atoms with Crippen molar-refractivity contribution in [3.8, 4) is 0 Å². The SMILES string of the molecule is O=C(Cc1ccc(Br)cn1)c1cc(Cl)sc1Cl. The summed E-state index contributed by atoms with van der Waals surface area (Å²) >= 11 is 16.2. The molecule has 2 aromatic rings. The van der Waals surface area contributed by atoms with E-state index in [1.54, 1.807) is 18.3 Å². The van der Waals surface area contributed by atoms with Gasteiger partial charge in [-0.2, -0.15) is 0 Å². The summed E-state index contributed by atoms with van der Waals surface area (Å²) in [5.41, 5.74) is 1.17. The van der Waals surface area contributed by atoms with Gasteiger partial charge < -0.3 is 0 Å². The van der Waals surface area contributed by atoms with E-state index in [4.69, 9.17) is 23.2 Å². The molecule has 0 saturated heterocycles. The highest BCUT2D eigenvalue weighted by Crippen LogP contribution is 2.31. The van der Waals surface area contributed by atoms with Gasteiger partial charge in [-0.3, -0.25) is 9.78 Å². The second-order valence-corrected chi connectivity index (χ2v) is 6.51. The maximum atomic E-state index is 11.9. The number of rotatable bonds is 3. The van der Waals surface area contributed by atoms with Crippen LogP contribution < -0.4 is 0 Å². The van der Waals surface area contributed by atoms with Crippen LogP contribution in [0.2, 0.25) is 8.67 Å². The summed E-state index contributed by atoms with van der Waals surface area (Å²) in [6.45, 7) is 0. The maximum Gasteiger partial charge on any atom is 0.171 e. The monoisotopic (exact) mass is 349 g/mol. The largest absolute Gasteiger partial charge is 0.294 e. The van der Waals surface area contributed by atoms with Crippen LogP contribution in [0.3, 0.4) is 0 Å². The number of nitrogens with zero attached hydrogens (tertiary/aromatic N) is 1. The van der Waals surface area contributed by atoms with Crippen LogP contribution in [0.25, 0.3) is 0 Å². The van der Waals surface area contributed by atoms with Gasteiger partial charge >= 0.3 is 0 Å². The quantitative estimate of drug-likeness (QED) is 0.755. The van der Waals surface area contributed by atoms with E-state index in [9.17, 15) is 4.79 Å². The number of carbonyl (C=O) groups excluding carboxylic acids is 1. The van der Waals surface area contributed by atoms with Crippen molar-refractivity contribution < 1.29 is 4.79 Å². The number of aromatic nitrogens is 1. The molecule has 2 nitrogen and oxygen atoms in total. The zero-order chi connectivity index (χ0) is 12.4.